The molecule has 1 aromatic carbocycles. The molecule has 2 unspecified atom stereocenters. The van der Waals surface area contributed by atoms with Crippen LogP contribution < -0.4 is 10.5 Å². The smallest absolute Gasteiger partial charge is 0.155 e. The minimum absolute atomic E-state index is 0.136. The van der Waals surface area contributed by atoms with E-state index in [1.54, 1.807) is 6.20 Å². The maximum atomic E-state index is 5.97. The number of nitrogens with zero attached hydrogens (tertiary/aromatic N) is 1. The molecule has 2 N–H and O–H groups in total. The highest BCUT2D eigenvalue weighted by Gasteiger charge is 2.19. The predicted octanol–water partition coefficient (Wildman–Crippen LogP) is 3.31. The number of aromatic nitrogens is 1. The number of hydrogen-bond donors (Lipinski definition) is 1. The van der Waals surface area contributed by atoms with E-state index in [1.165, 1.54) is 0 Å². The van der Waals surface area contributed by atoms with E-state index in [9.17, 15) is 0 Å². The van der Waals surface area contributed by atoms with Crippen molar-refractivity contribution in [1.82, 2.24) is 4.98 Å². The molecular weight excluding hydrogens is 292 g/mol. The minimum atomic E-state index is -0.243. The summed E-state index contributed by atoms with van der Waals surface area (Å²) in [5.74, 6) is 0.783. The second-order valence-corrected chi connectivity index (χ2v) is 5.02. The summed E-state index contributed by atoms with van der Waals surface area (Å²) in [6, 6.07) is 13.3. The highest BCUT2D eigenvalue weighted by Crippen LogP contribution is 2.24. The van der Waals surface area contributed by atoms with Crippen molar-refractivity contribution in [3.05, 3.63) is 58.8 Å². The zero-order valence-corrected chi connectivity index (χ0v) is 11.7. The van der Waals surface area contributed by atoms with Crippen molar-refractivity contribution in [2.24, 2.45) is 5.73 Å². The van der Waals surface area contributed by atoms with Crippen molar-refractivity contribution in [3.63, 3.8) is 0 Å². The molecule has 18 heavy (non-hydrogen) atoms. The van der Waals surface area contributed by atoms with Gasteiger partial charge in [-0.25, -0.2) is 0 Å². The van der Waals surface area contributed by atoms with E-state index in [4.69, 9.17) is 10.5 Å². The first kappa shape index (κ1) is 13.1. The van der Waals surface area contributed by atoms with Gasteiger partial charge in [0, 0.05) is 16.7 Å². The monoisotopic (exact) mass is 306 g/mol. The van der Waals surface area contributed by atoms with Crippen molar-refractivity contribution in [2.45, 2.75) is 19.1 Å². The van der Waals surface area contributed by atoms with Gasteiger partial charge in [0.15, 0.2) is 6.10 Å². The van der Waals surface area contributed by atoms with E-state index in [-0.39, 0.29) is 12.1 Å². The summed E-state index contributed by atoms with van der Waals surface area (Å²) in [7, 11) is 0. The summed E-state index contributed by atoms with van der Waals surface area (Å²) in [6.07, 6.45) is 1.50. The lowest BCUT2D eigenvalue weighted by Crippen LogP contribution is -2.29. The summed E-state index contributed by atoms with van der Waals surface area (Å²) < 4.78 is 6.93. The van der Waals surface area contributed by atoms with E-state index in [2.05, 4.69) is 20.9 Å². The van der Waals surface area contributed by atoms with E-state index in [0.717, 1.165) is 15.9 Å². The Morgan fingerprint density at radius 1 is 1.17 bits per heavy atom. The van der Waals surface area contributed by atoms with Gasteiger partial charge in [0.05, 0.1) is 5.69 Å². The number of rotatable bonds is 4. The van der Waals surface area contributed by atoms with Crippen LogP contribution in [0.15, 0.2) is 53.1 Å². The van der Waals surface area contributed by atoms with Gasteiger partial charge >= 0.3 is 0 Å². The zero-order chi connectivity index (χ0) is 13.0. The fourth-order valence-corrected chi connectivity index (χ4v) is 1.91. The molecule has 0 saturated heterocycles. The molecule has 0 bridgehead atoms. The number of nitrogens with two attached hydrogens (primary N) is 1. The lowest BCUT2D eigenvalue weighted by molar-refractivity contribution is 0.176. The summed E-state index contributed by atoms with van der Waals surface area (Å²) in [4.78, 5) is 4.30. The number of pyridine rings is 1. The van der Waals surface area contributed by atoms with Gasteiger partial charge in [-0.2, -0.15) is 0 Å². The third-order valence-electron chi connectivity index (χ3n) is 2.53. The topological polar surface area (TPSA) is 48.1 Å². The Kier molecular flexibility index (Phi) is 4.33. The molecule has 94 valence electrons. The third-order valence-corrected chi connectivity index (χ3v) is 3.06. The molecule has 2 rings (SSSR count). The SMILES string of the molecule is CC(N)C(Oc1ccc(Br)cc1)c1ccccn1. The normalized spacial score (nSPS) is 13.9. The highest BCUT2D eigenvalue weighted by atomic mass is 79.9. The molecular formula is C14H15BrN2O. The molecule has 0 amide bonds. The van der Waals surface area contributed by atoms with Gasteiger partial charge in [0.2, 0.25) is 0 Å². The van der Waals surface area contributed by atoms with Crippen LogP contribution in [0.25, 0.3) is 0 Å². The average Bonchev–Trinajstić information content (AvgIpc) is 2.38. The number of halogens is 1. The number of benzene rings is 1. The van der Waals surface area contributed by atoms with Crippen LogP contribution >= 0.6 is 15.9 Å². The van der Waals surface area contributed by atoms with Crippen LogP contribution in [0.5, 0.6) is 5.75 Å². The lowest BCUT2D eigenvalue weighted by Gasteiger charge is -2.22. The van der Waals surface area contributed by atoms with Crippen LogP contribution in [-0.2, 0) is 0 Å². The molecule has 0 fully saturated rings. The molecule has 0 spiro atoms. The number of hydrogen-bond acceptors (Lipinski definition) is 3. The Morgan fingerprint density at radius 3 is 2.44 bits per heavy atom. The second kappa shape index (κ2) is 5.98. The summed E-state index contributed by atoms with van der Waals surface area (Å²) in [5.41, 5.74) is 6.82. The Hall–Kier alpha value is -1.39. The van der Waals surface area contributed by atoms with Crippen molar-refractivity contribution in [1.29, 1.82) is 0 Å². The van der Waals surface area contributed by atoms with Gasteiger partial charge in [-0.3, -0.25) is 4.98 Å². The quantitative estimate of drug-likeness (QED) is 0.942. The Balaban J connectivity index is 2.19. The van der Waals surface area contributed by atoms with Gasteiger partial charge in [0.1, 0.15) is 5.75 Å². The van der Waals surface area contributed by atoms with E-state index >= 15 is 0 Å². The maximum absolute atomic E-state index is 5.97. The molecule has 0 aliphatic carbocycles. The van der Waals surface area contributed by atoms with Crippen molar-refractivity contribution >= 4 is 15.9 Å². The molecule has 2 aromatic rings. The zero-order valence-electron chi connectivity index (χ0n) is 10.1. The highest BCUT2D eigenvalue weighted by molar-refractivity contribution is 9.10. The van der Waals surface area contributed by atoms with Crippen LogP contribution in [0.1, 0.15) is 18.7 Å². The van der Waals surface area contributed by atoms with Gasteiger partial charge < -0.3 is 10.5 Å². The van der Waals surface area contributed by atoms with Crippen LogP contribution in [0.3, 0.4) is 0 Å². The number of ether oxygens (including phenoxy) is 1. The second-order valence-electron chi connectivity index (χ2n) is 4.11. The molecule has 4 heteroatoms. The molecule has 3 nitrogen and oxygen atoms in total. The first-order valence-corrected chi connectivity index (χ1v) is 6.55. The summed E-state index contributed by atoms with van der Waals surface area (Å²) in [6.45, 7) is 1.91. The molecule has 0 aliphatic heterocycles. The van der Waals surface area contributed by atoms with Crippen LogP contribution in [0, 0.1) is 0 Å². The Morgan fingerprint density at radius 2 is 1.89 bits per heavy atom. The standard InChI is InChI=1S/C14H15BrN2O/c1-10(16)14(13-4-2-3-9-17-13)18-12-7-5-11(15)6-8-12/h2-10,14H,16H2,1H3. The first-order valence-electron chi connectivity index (χ1n) is 5.75. The average molecular weight is 307 g/mol. The molecule has 1 aromatic heterocycles. The van der Waals surface area contributed by atoms with E-state index in [0.29, 0.717) is 0 Å². The molecule has 0 aliphatic rings. The fourth-order valence-electron chi connectivity index (χ4n) is 1.64. The van der Waals surface area contributed by atoms with Gasteiger partial charge in [-0.05, 0) is 43.3 Å². The van der Waals surface area contributed by atoms with Crippen molar-refractivity contribution in [2.75, 3.05) is 0 Å². The Bertz CT molecular complexity index is 485. The van der Waals surface area contributed by atoms with E-state index in [1.807, 2.05) is 49.4 Å². The van der Waals surface area contributed by atoms with Gasteiger partial charge in [0.25, 0.3) is 0 Å². The minimum Gasteiger partial charge on any atom is -0.483 e. The summed E-state index contributed by atoms with van der Waals surface area (Å²) >= 11 is 3.39. The van der Waals surface area contributed by atoms with E-state index < -0.39 is 0 Å². The molecule has 2 atom stereocenters. The Labute approximate surface area is 115 Å². The van der Waals surface area contributed by atoms with Crippen LogP contribution in [-0.4, -0.2) is 11.0 Å². The van der Waals surface area contributed by atoms with Crippen LogP contribution in [0.4, 0.5) is 0 Å². The summed E-state index contributed by atoms with van der Waals surface area (Å²) in [5, 5.41) is 0. The van der Waals surface area contributed by atoms with Crippen LogP contribution in [0.2, 0.25) is 0 Å². The maximum Gasteiger partial charge on any atom is 0.155 e. The predicted molar refractivity (Wildman–Crippen MR) is 75.4 cm³/mol. The van der Waals surface area contributed by atoms with Crippen molar-refractivity contribution in [3.8, 4) is 5.75 Å². The lowest BCUT2D eigenvalue weighted by atomic mass is 10.1. The van der Waals surface area contributed by atoms with Crippen molar-refractivity contribution < 1.29 is 4.74 Å². The van der Waals surface area contributed by atoms with Gasteiger partial charge in [-0.15, -0.1) is 0 Å². The first-order chi connectivity index (χ1) is 8.66. The largest absolute Gasteiger partial charge is 0.483 e. The molecule has 0 radical (unpaired) electrons. The molecule has 0 saturated carbocycles. The molecule has 1 heterocycles. The van der Waals surface area contributed by atoms with Gasteiger partial charge in [-0.1, -0.05) is 22.0 Å². The third kappa shape index (κ3) is 3.31. The fraction of sp³-hybridized carbons (Fsp3) is 0.214.